The van der Waals surface area contributed by atoms with E-state index in [9.17, 15) is 62.6 Å². The number of primary amides is 4. The molecule has 1 fully saturated rings. The van der Waals surface area contributed by atoms with Gasteiger partial charge in [-0.3, -0.25) is 76.7 Å². The molecule has 1 saturated heterocycles. The molecule has 12 atom stereocenters. The Bertz CT molecular complexity index is 4120. The first-order chi connectivity index (χ1) is 52.4. The number of fused-ring (bicyclic) bond motifs is 2. The summed E-state index contributed by atoms with van der Waals surface area (Å²) < 4.78 is 5.69. The van der Waals surface area contributed by atoms with Crippen LogP contribution in [0.25, 0.3) is 21.8 Å². The van der Waals surface area contributed by atoms with Crippen molar-refractivity contribution in [3.05, 3.63) is 102 Å². The summed E-state index contributed by atoms with van der Waals surface area (Å²) in [5.74, 6) is -16.4. The largest absolute Gasteiger partial charge is 0.492 e. The molecule has 0 aliphatic carbocycles. The van der Waals surface area contributed by atoms with Gasteiger partial charge in [-0.2, -0.15) is 11.8 Å². The highest BCUT2D eigenvalue weighted by atomic mass is 32.2. The summed E-state index contributed by atoms with van der Waals surface area (Å²) in [6.07, 6.45) is -2.74. The summed E-state index contributed by atoms with van der Waals surface area (Å²) in [7, 11) is 0. The van der Waals surface area contributed by atoms with E-state index in [1.54, 1.807) is 85.2 Å². The molecule has 16 amide bonds. The number of amides is 16. The van der Waals surface area contributed by atoms with Crippen LogP contribution in [0.1, 0.15) is 81.9 Å². The predicted octanol–water partition coefficient (Wildman–Crippen LogP) is -7.41. The quantitative estimate of drug-likeness (QED) is 0.0177. The molecule has 5 aromatic rings. The fourth-order valence-electron chi connectivity index (χ4n) is 11.6. The fourth-order valence-corrected chi connectivity index (χ4v) is 12.7. The van der Waals surface area contributed by atoms with Gasteiger partial charge in [-0.1, -0.05) is 48.5 Å². The van der Waals surface area contributed by atoms with Crippen LogP contribution in [-0.4, -0.2) is 226 Å². The van der Waals surface area contributed by atoms with Crippen LogP contribution >= 0.6 is 11.8 Å². The summed E-state index contributed by atoms with van der Waals surface area (Å²) in [4.78, 5) is 227. The third-order valence-corrected chi connectivity index (χ3v) is 18.5. The monoisotopic (exact) mass is 1550 g/mol. The fraction of sp³-hybridized carbons (Fsp3) is 0.457. The van der Waals surface area contributed by atoms with E-state index in [4.69, 9.17) is 44.9 Å². The van der Waals surface area contributed by atoms with Gasteiger partial charge in [-0.05, 0) is 92.3 Å². The molecule has 1 aliphatic rings. The Morgan fingerprint density at radius 1 is 0.564 bits per heavy atom. The van der Waals surface area contributed by atoms with Crippen molar-refractivity contribution in [2.45, 2.75) is 157 Å². The second-order valence-corrected chi connectivity index (χ2v) is 27.2. The number of nitrogens with two attached hydrogens (primary N) is 7. The summed E-state index contributed by atoms with van der Waals surface area (Å²) in [5.41, 5.74) is 41.7. The average Bonchev–Trinajstić information content (AvgIpc) is 1.62. The van der Waals surface area contributed by atoms with Crippen LogP contribution in [0.5, 0.6) is 5.75 Å². The maximum absolute atomic E-state index is 15.5. The van der Waals surface area contributed by atoms with Crippen molar-refractivity contribution in [1.82, 2.24) is 73.8 Å². The number of carbonyl (C=O) groups excluding carboxylic acids is 16. The molecule has 110 heavy (non-hydrogen) atoms. The Morgan fingerprint density at radius 2 is 1.09 bits per heavy atom. The smallest absolute Gasteiger partial charge is 0.245 e. The molecular weight excluding hydrogens is 1450 g/mol. The van der Waals surface area contributed by atoms with Crippen LogP contribution in [-0.2, 0) is 96.0 Å². The molecular formula is C70H97N21O18S. The van der Waals surface area contributed by atoms with Crippen LogP contribution in [0, 0.1) is 0 Å². The maximum atomic E-state index is 15.5. The zero-order valence-electron chi connectivity index (χ0n) is 60.6. The van der Waals surface area contributed by atoms with Gasteiger partial charge in [0.15, 0.2) is 0 Å². The van der Waals surface area contributed by atoms with E-state index in [-0.39, 0.29) is 64.0 Å². The third kappa shape index (κ3) is 27.5. The molecule has 3 aromatic carbocycles. The molecule has 3 heterocycles. The van der Waals surface area contributed by atoms with Gasteiger partial charge in [0.25, 0.3) is 0 Å². The minimum atomic E-state index is -1.88. The third-order valence-electron chi connectivity index (χ3n) is 17.4. The summed E-state index contributed by atoms with van der Waals surface area (Å²) in [6, 6.07) is 1.68. The number of aromatic amines is 2. The number of aliphatic hydroxyl groups excluding tert-OH is 1. The Balaban J connectivity index is 1.42. The Labute approximate surface area is 634 Å². The molecule has 29 N–H and O–H groups in total. The SMILES string of the molecule is CC(=O)N[C@H]1CCSC[C@@H](C(=O)N[C@@H](Cc2ccc(OCCN)cc2)C(=O)N[C@@H](Cc2c[nH]c3ccccc23)C(=O)N[C@@H](CCCN)C(=O)N[C@@H](CN)C(=O)N[C@@H](CC(N)=O)C(=O)NCC(N)=O)NC(=O)[C@H](CCC(N)=O)NC(=O)[C@H](Cc2c[nH]c3ccccc23)NC(=O)[C@H]([C@@H](C)O)NC(=O)[C@H](CCC(N)=O)NC1=O. The first kappa shape index (κ1) is 87.2. The van der Waals surface area contributed by atoms with Gasteiger partial charge in [0, 0.05) is 92.1 Å². The number of nitrogens with one attached hydrogen (secondary N) is 14. The van der Waals surface area contributed by atoms with Crippen molar-refractivity contribution >= 4 is 128 Å². The van der Waals surface area contributed by atoms with Crippen molar-refractivity contribution in [1.29, 1.82) is 0 Å². The van der Waals surface area contributed by atoms with Gasteiger partial charge in [0.1, 0.15) is 78.8 Å². The first-order valence-electron chi connectivity index (χ1n) is 35.3. The number of aromatic nitrogens is 2. The number of ether oxygens (including phenoxy) is 1. The van der Waals surface area contributed by atoms with E-state index in [0.29, 0.717) is 44.2 Å². The van der Waals surface area contributed by atoms with Gasteiger partial charge in [-0.25, -0.2) is 0 Å². The highest BCUT2D eigenvalue weighted by Crippen LogP contribution is 2.23. The second-order valence-electron chi connectivity index (χ2n) is 26.0. The number of H-pyrrole nitrogens is 2. The topological polar surface area (TPSA) is 661 Å². The van der Waals surface area contributed by atoms with Gasteiger partial charge >= 0.3 is 0 Å². The lowest BCUT2D eigenvalue weighted by molar-refractivity contribution is -0.137. The van der Waals surface area contributed by atoms with Crippen molar-refractivity contribution < 1.29 is 86.6 Å². The molecule has 39 nitrogen and oxygen atoms in total. The van der Waals surface area contributed by atoms with Crippen LogP contribution in [0.3, 0.4) is 0 Å². The average molecular weight is 1550 g/mol. The lowest BCUT2D eigenvalue weighted by Gasteiger charge is -2.29. The van der Waals surface area contributed by atoms with Gasteiger partial charge in [0.2, 0.25) is 94.5 Å². The second kappa shape index (κ2) is 43.3. The summed E-state index contributed by atoms with van der Waals surface area (Å²) in [6.45, 7) is 1.21. The summed E-state index contributed by atoms with van der Waals surface area (Å²) >= 11 is 0.927. The van der Waals surface area contributed by atoms with Crippen LogP contribution in [0.4, 0.5) is 0 Å². The number of para-hydroxylation sites is 2. The van der Waals surface area contributed by atoms with Gasteiger partial charge in [0.05, 0.1) is 19.1 Å². The van der Waals surface area contributed by atoms with E-state index in [1.807, 2.05) is 0 Å². The maximum Gasteiger partial charge on any atom is 0.245 e. The van der Waals surface area contributed by atoms with Crippen molar-refractivity contribution in [2.75, 3.05) is 44.3 Å². The number of aliphatic hydroxyl groups is 1. The van der Waals surface area contributed by atoms with Gasteiger partial charge < -0.3 is 124 Å². The zero-order chi connectivity index (χ0) is 80.7. The standard InChI is InChI=1S/C70H97N21O18S/c1-35(92)59-70(108)88-51(28-39-32-79-44-11-6-4-9-42(39)44)67(105)84-46(17-19-55(74)94)62(100)90-54(34-110-25-21-48(81-36(2)93)63(101)83-47(64(102)91-59)18-20-56(75)95)69(107)85-49(26-37-13-15-40(16-14-37)109-24-23-72)65(103)86-50(27-38-31-78-43-10-5-3-8-41(38)43)66(104)82-45(12-7-22-71)61(99)89-53(30-73)68(106)87-52(29-57(76)96)60(98)80-33-58(77)97/h3-6,8-11,13-16,31-32,35,45-54,59,78-79,92H,7,12,17-30,33-34,71-73H2,1-2H3,(H2,74,94)(H2,75,95)(H2,76,96)(H2,77,97)(H,80,98)(H,81,93)(H,82,104)(H,83,101)(H,84,105)(H,85,107)(H,86,103)(H,87,106)(H,88,108)(H,89,99)(H,90,100)(H,91,102)/t35-,45+,46+,47+,48+,49+,50+,51+,52+,53+,54+,59+/m1/s1. The van der Waals surface area contributed by atoms with Crippen LogP contribution < -0.4 is 109 Å². The molecule has 0 spiro atoms. The normalized spacial score (nSPS) is 19.1. The molecule has 1 aliphatic heterocycles. The number of hydrogen-bond acceptors (Lipinski definition) is 22. The zero-order valence-corrected chi connectivity index (χ0v) is 61.4. The number of carbonyl (C=O) groups is 16. The molecule has 596 valence electrons. The molecule has 6 rings (SSSR count). The highest BCUT2D eigenvalue weighted by molar-refractivity contribution is 7.99. The Hall–Kier alpha value is -11.8. The molecule has 2 aromatic heterocycles. The molecule has 0 bridgehead atoms. The van der Waals surface area contributed by atoms with Crippen molar-refractivity contribution in [3.63, 3.8) is 0 Å². The number of thioether (sulfide) groups is 1. The van der Waals surface area contributed by atoms with Gasteiger partial charge in [-0.15, -0.1) is 0 Å². The lowest BCUT2D eigenvalue weighted by atomic mass is 10.0. The molecule has 40 heteroatoms. The minimum absolute atomic E-state index is 0.0228. The van der Waals surface area contributed by atoms with E-state index < -0.39 is 218 Å². The molecule has 0 unspecified atom stereocenters. The van der Waals surface area contributed by atoms with Crippen LogP contribution in [0.2, 0.25) is 0 Å². The molecule has 0 saturated carbocycles. The Morgan fingerprint density at radius 3 is 1.66 bits per heavy atom. The highest BCUT2D eigenvalue weighted by Gasteiger charge is 2.39. The Kier molecular flexibility index (Phi) is 34.3. The summed E-state index contributed by atoms with van der Waals surface area (Å²) in [5, 5.41) is 42.3. The lowest BCUT2D eigenvalue weighted by Crippen LogP contribution is -2.62. The van der Waals surface area contributed by atoms with Crippen LogP contribution in [0.15, 0.2) is 85.2 Å². The van der Waals surface area contributed by atoms with Crippen molar-refractivity contribution in [3.8, 4) is 5.75 Å². The van der Waals surface area contributed by atoms with E-state index in [1.165, 1.54) is 0 Å². The number of benzene rings is 3. The van der Waals surface area contributed by atoms with E-state index in [0.717, 1.165) is 25.6 Å². The first-order valence-corrected chi connectivity index (χ1v) is 36.4. The van der Waals surface area contributed by atoms with E-state index >= 15 is 19.2 Å². The predicted molar refractivity (Wildman–Crippen MR) is 399 cm³/mol. The number of hydrogen-bond donors (Lipinski definition) is 22. The van der Waals surface area contributed by atoms with E-state index in [2.05, 4.69) is 73.8 Å². The number of rotatable bonds is 36. The molecule has 0 radical (unpaired) electrons. The van der Waals surface area contributed by atoms with Crippen molar-refractivity contribution in [2.24, 2.45) is 40.1 Å². The minimum Gasteiger partial charge on any atom is -0.492 e.